The smallest absolute Gasteiger partial charge is 0.303 e. The highest BCUT2D eigenvalue weighted by atomic mass is 32.2. The van der Waals surface area contributed by atoms with Crippen molar-refractivity contribution < 1.29 is 18.0 Å². The number of hydrogen-bond acceptors (Lipinski definition) is 3. The third-order valence-corrected chi connectivity index (χ3v) is 4.47. The van der Waals surface area contributed by atoms with Crippen LogP contribution in [-0.4, -0.2) is 29.6 Å². The minimum atomic E-state index is -4.48. The maximum atomic E-state index is 13.3. The number of carbonyl (C=O) groups is 1. The lowest BCUT2D eigenvalue weighted by Crippen LogP contribution is -2.55. The number of thioether (sulfide) groups is 1. The van der Waals surface area contributed by atoms with Crippen LogP contribution in [0.25, 0.3) is 0 Å². The van der Waals surface area contributed by atoms with E-state index in [1.807, 2.05) is 0 Å². The van der Waals surface area contributed by atoms with Crippen LogP contribution in [0.2, 0.25) is 0 Å². The van der Waals surface area contributed by atoms with Crippen LogP contribution in [0.15, 0.2) is 30.3 Å². The first kappa shape index (κ1) is 13.4. The molecule has 0 spiro atoms. The zero-order valence-electron chi connectivity index (χ0n) is 9.41. The lowest BCUT2D eigenvalue weighted by Gasteiger charge is -2.35. The molecule has 2 nitrogen and oxygen atoms in total. The first-order valence-electron chi connectivity index (χ1n) is 5.47. The van der Waals surface area contributed by atoms with E-state index in [2.05, 4.69) is 5.32 Å². The van der Waals surface area contributed by atoms with E-state index in [0.29, 0.717) is 17.6 Å². The van der Waals surface area contributed by atoms with Crippen LogP contribution < -0.4 is 5.32 Å². The molecule has 2 atom stereocenters. The predicted molar refractivity (Wildman–Crippen MR) is 64.5 cm³/mol. The minimum absolute atomic E-state index is 0.251. The number of aldehydes is 1. The van der Waals surface area contributed by atoms with Crippen LogP contribution in [-0.2, 0) is 4.79 Å². The molecule has 2 unspecified atom stereocenters. The van der Waals surface area contributed by atoms with Gasteiger partial charge in [-0.3, -0.25) is 5.32 Å². The van der Waals surface area contributed by atoms with Gasteiger partial charge in [-0.05, 0) is 5.56 Å². The van der Waals surface area contributed by atoms with E-state index in [0.717, 1.165) is 11.8 Å². The minimum Gasteiger partial charge on any atom is -0.303 e. The molecule has 0 radical (unpaired) electrons. The summed E-state index contributed by atoms with van der Waals surface area (Å²) in [5.41, 5.74) is 0.381. The van der Waals surface area contributed by atoms with Crippen LogP contribution in [0.1, 0.15) is 11.5 Å². The number of halogens is 3. The SMILES string of the molecule is O=CC(c1ccccc1)C1(C(F)(F)F)NCCS1. The maximum absolute atomic E-state index is 13.3. The van der Waals surface area contributed by atoms with Crippen molar-refractivity contribution in [2.75, 3.05) is 12.3 Å². The first-order chi connectivity index (χ1) is 8.51. The summed E-state index contributed by atoms with van der Waals surface area (Å²) in [7, 11) is 0. The fourth-order valence-electron chi connectivity index (χ4n) is 2.13. The monoisotopic (exact) mass is 275 g/mol. The Labute approximate surface area is 107 Å². The Morgan fingerprint density at radius 2 is 2.00 bits per heavy atom. The van der Waals surface area contributed by atoms with Gasteiger partial charge in [-0.15, -0.1) is 11.8 Å². The molecule has 1 saturated heterocycles. The lowest BCUT2D eigenvalue weighted by molar-refractivity contribution is -0.172. The molecule has 98 valence electrons. The Balaban J connectivity index is 2.44. The molecule has 1 aliphatic heterocycles. The topological polar surface area (TPSA) is 29.1 Å². The Kier molecular flexibility index (Phi) is 3.68. The van der Waals surface area contributed by atoms with Gasteiger partial charge in [0.15, 0.2) is 4.87 Å². The summed E-state index contributed by atoms with van der Waals surface area (Å²) in [4.78, 5) is 8.99. The summed E-state index contributed by atoms with van der Waals surface area (Å²) in [5, 5.41) is 2.47. The average molecular weight is 275 g/mol. The second kappa shape index (κ2) is 4.93. The molecule has 0 aliphatic carbocycles. The number of benzene rings is 1. The van der Waals surface area contributed by atoms with E-state index in [-0.39, 0.29) is 6.54 Å². The molecule has 1 fully saturated rings. The number of carbonyl (C=O) groups excluding carboxylic acids is 1. The molecule has 0 bridgehead atoms. The normalized spacial score (nSPS) is 25.9. The molecule has 1 N–H and O–H groups in total. The molecule has 2 rings (SSSR count). The molecule has 0 saturated carbocycles. The number of rotatable bonds is 3. The lowest BCUT2D eigenvalue weighted by atomic mass is 9.91. The van der Waals surface area contributed by atoms with Crippen molar-refractivity contribution in [3.63, 3.8) is 0 Å². The van der Waals surface area contributed by atoms with Gasteiger partial charge in [0.2, 0.25) is 0 Å². The van der Waals surface area contributed by atoms with Crippen molar-refractivity contribution in [1.29, 1.82) is 0 Å². The predicted octanol–water partition coefficient (Wildman–Crippen LogP) is 2.56. The van der Waals surface area contributed by atoms with E-state index in [9.17, 15) is 18.0 Å². The summed E-state index contributed by atoms with van der Waals surface area (Å²) in [6.07, 6.45) is -4.09. The van der Waals surface area contributed by atoms with Crippen molar-refractivity contribution >= 4 is 18.0 Å². The summed E-state index contributed by atoms with van der Waals surface area (Å²) < 4.78 is 39.9. The Bertz CT molecular complexity index is 415. The molecular weight excluding hydrogens is 263 g/mol. The molecular formula is C12H12F3NOS. The quantitative estimate of drug-likeness (QED) is 0.860. The van der Waals surface area contributed by atoms with Crippen molar-refractivity contribution in [1.82, 2.24) is 5.32 Å². The molecule has 0 amide bonds. The van der Waals surface area contributed by atoms with Crippen molar-refractivity contribution in [2.45, 2.75) is 17.0 Å². The Hall–Kier alpha value is -1.01. The van der Waals surface area contributed by atoms with Gasteiger partial charge in [0.1, 0.15) is 6.29 Å². The maximum Gasteiger partial charge on any atom is 0.417 e. The van der Waals surface area contributed by atoms with Gasteiger partial charge in [0.05, 0.1) is 5.92 Å². The second-order valence-electron chi connectivity index (χ2n) is 4.03. The van der Waals surface area contributed by atoms with E-state index >= 15 is 0 Å². The molecule has 6 heteroatoms. The third kappa shape index (κ3) is 2.14. The van der Waals surface area contributed by atoms with Crippen molar-refractivity contribution in [3.05, 3.63) is 35.9 Å². The van der Waals surface area contributed by atoms with Gasteiger partial charge in [-0.1, -0.05) is 30.3 Å². The Morgan fingerprint density at radius 1 is 1.33 bits per heavy atom. The third-order valence-electron chi connectivity index (χ3n) is 2.97. The van der Waals surface area contributed by atoms with E-state index in [4.69, 9.17) is 0 Å². The van der Waals surface area contributed by atoms with Crippen molar-refractivity contribution in [2.24, 2.45) is 0 Å². The van der Waals surface area contributed by atoms with Crippen LogP contribution in [0.5, 0.6) is 0 Å². The van der Waals surface area contributed by atoms with Gasteiger partial charge in [-0.25, -0.2) is 0 Å². The highest BCUT2D eigenvalue weighted by Gasteiger charge is 2.61. The Morgan fingerprint density at radius 3 is 2.44 bits per heavy atom. The van der Waals surface area contributed by atoms with E-state index < -0.39 is 17.0 Å². The van der Waals surface area contributed by atoms with Gasteiger partial charge in [0, 0.05) is 12.3 Å². The number of hydrogen-bond donors (Lipinski definition) is 1. The number of alkyl halides is 3. The zero-order valence-corrected chi connectivity index (χ0v) is 10.2. The van der Waals surface area contributed by atoms with Crippen LogP contribution in [0, 0.1) is 0 Å². The standard InChI is InChI=1S/C12H12F3NOS/c13-12(14,15)11(16-6-7-18-11)10(8-17)9-4-2-1-3-5-9/h1-5,8,10,16H,6-7H2. The van der Waals surface area contributed by atoms with Gasteiger partial charge in [0.25, 0.3) is 0 Å². The van der Waals surface area contributed by atoms with Crippen LogP contribution in [0.3, 0.4) is 0 Å². The highest BCUT2D eigenvalue weighted by Crippen LogP contribution is 2.50. The van der Waals surface area contributed by atoms with Crippen LogP contribution >= 0.6 is 11.8 Å². The summed E-state index contributed by atoms with van der Waals surface area (Å²) in [5.74, 6) is -0.886. The van der Waals surface area contributed by atoms with Gasteiger partial charge in [-0.2, -0.15) is 13.2 Å². The van der Waals surface area contributed by atoms with Gasteiger partial charge >= 0.3 is 6.18 Å². The fraction of sp³-hybridized carbons (Fsp3) is 0.417. The summed E-state index contributed by atoms with van der Waals surface area (Å²) >= 11 is 0.757. The van der Waals surface area contributed by atoms with E-state index in [1.165, 1.54) is 0 Å². The summed E-state index contributed by atoms with van der Waals surface area (Å²) in [6.45, 7) is 0.251. The largest absolute Gasteiger partial charge is 0.417 e. The average Bonchev–Trinajstić information content (AvgIpc) is 2.81. The second-order valence-corrected chi connectivity index (χ2v) is 5.37. The van der Waals surface area contributed by atoms with Gasteiger partial charge < -0.3 is 4.79 Å². The van der Waals surface area contributed by atoms with Crippen molar-refractivity contribution in [3.8, 4) is 0 Å². The number of nitrogens with one attached hydrogen (secondary N) is 1. The molecule has 1 aromatic rings. The van der Waals surface area contributed by atoms with Crippen LogP contribution in [0.4, 0.5) is 13.2 Å². The molecule has 0 aromatic heterocycles. The molecule has 1 heterocycles. The molecule has 1 aliphatic rings. The molecule has 18 heavy (non-hydrogen) atoms. The van der Waals surface area contributed by atoms with E-state index in [1.54, 1.807) is 30.3 Å². The molecule has 1 aromatic carbocycles. The summed E-state index contributed by atoms with van der Waals surface area (Å²) in [6, 6.07) is 8.08. The fourth-order valence-corrected chi connectivity index (χ4v) is 3.39. The highest BCUT2D eigenvalue weighted by molar-refractivity contribution is 8.01. The zero-order chi connectivity index (χ0) is 13.2. The first-order valence-corrected chi connectivity index (χ1v) is 6.46.